The Morgan fingerprint density at radius 1 is 1.21 bits per heavy atom. The zero-order valence-electron chi connectivity index (χ0n) is 11.6. The van der Waals surface area contributed by atoms with Crippen LogP contribution in [0.25, 0.3) is 5.57 Å². The Balaban J connectivity index is 0.000000550. The fourth-order valence-electron chi connectivity index (χ4n) is 1.87. The van der Waals surface area contributed by atoms with Crippen LogP contribution < -0.4 is 22.9 Å². The van der Waals surface area contributed by atoms with Gasteiger partial charge in [0.05, 0.1) is 5.66 Å². The molecule has 4 nitrogen and oxygen atoms in total. The van der Waals surface area contributed by atoms with Crippen molar-refractivity contribution in [2.75, 3.05) is 6.67 Å². The first-order valence-electron chi connectivity index (χ1n) is 6.36. The Morgan fingerprint density at radius 2 is 1.84 bits per heavy atom. The fourth-order valence-corrected chi connectivity index (χ4v) is 1.87. The standard InChI is InChI=1S/C14H18N2.CH6N2/c1-10-4-3-5-12(8-10)13-6-7-14(15,16)11(2)9-13;2-1-3/h3-9,11H,15-16H2,1-2H3;1-3H2. The average Bonchev–Trinajstić information content (AvgIpc) is 2.34. The Morgan fingerprint density at radius 3 is 2.37 bits per heavy atom. The molecule has 19 heavy (non-hydrogen) atoms. The van der Waals surface area contributed by atoms with E-state index in [2.05, 4.69) is 48.7 Å². The SMILES string of the molecule is Cc1cccc(C2=CC(C)C(N)(N)C=C2)c1.NCN. The van der Waals surface area contributed by atoms with Crippen LogP contribution in [0.5, 0.6) is 0 Å². The van der Waals surface area contributed by atoms with Crippen LogP contribution in [0.15, 0.2) is 42.5 Å². The van der Waals surface area contributed by atoms with Crippen LogP contribution in [0.2, 0.25) is 0 Å². The maximum absolute atomic E-state index is 5.94. The van der Waals surface area contributed by atoms with Gasteiger partial charge in [-0.15, -0.1) is 0 Å². The minimum atomic E-state index is -0.715. The van der Waals surface area contributed by atoms with E-state index in [9.17, 15) is 0 Å². The van der Waals surface area contributed by atoms with E-state index < -0.39 is 5.66 Å². The molecule has 0 fully saturated rings. The Hall–Kier alpha value is -1.46. The van der Waals surface area contributed by atoms with Crippen molar-refractivity contribution in [2.24, 2.45) is 28.9 Å². The molecule has 1 aliphatic rings. The maximum atomic E-state index is 5.94. The summed E-state index contributed by atoms with van der Waals surface area (Å²) < 4.78 is 0. The normalized spacial score (nSPS) is 20.3. The summed E-state index contributed by atoms with van der Waals surface area (Å²) in [6, 6.07) is 8.44. The summed E-state index contributed by atoms with van der Waals surface area (Å²) in [5.41, 5.74) is 24.1. The summed E-state index contributed by atoms with van der Waals surface area (Å²) in [6.07, 6.45) is 6.03. The molecule has 104 valence electrons. The van der Waals surface area contributed by atoms with Crippen LogP contribution in [-0.2, 0) is 0 Å². The van der Waals surface area contributed by atoms with Crippen LogP contribution in [0.3, 0.4) is 0 Å². The first-order chi connectivity index (χ1) is 8.90. The van der Waals surface area contributed by atoms with E-state index in [1.165, 1.54) is 16.7 Å². The van der Waals surface area contributed by atoms with Crippen molar-refractivity contribution in [3.63, 3.8) is 0 Å². The third-order valence-electron chi connectivity index (χ3n) is 3.12. The van der Waals surface area contributed by atoms with Crippen LogP contribution >= 0.6 is 0 Å². The van der Waals surface area contributed by atoms with Gasteiger partial charge in [-0.25, -0.2) is 0 Å². The lowest BCUT2D eigenvalue weighted by atomic mass is 9.86. The number of aryl methyl sites for hydroxylation is 1. The topological polar surface area (TPSA) is 104 Å². The second kappa shape index (κ2) is 6.63. The molecule has 0 radical (unpaired) electrons. The molecule has 2 rings (SSSR count). The van der Waals surface area contributed by atoms with Crippen LogP contribution in [0, 0.1) is 12.8 Å². The molecule has 0 aromatic heterocycles. The molecule has 0 saturated heterocycles. The van der Waals surface area contributed by atoms with Crippen molar-refractivity contribution in [3.8, 4) is 0 Å². The van der Waals surface area contributed by atoms with Gasteiger partial charge in [-0.2, -0.15) is 0 Å². The van der Waals surface area contributed by atoms with Crippen molar-refractivity contribution < 1.29 is 0 Å². The minimum Gasteiger partial charge on any atom is -0.319 e. The summed E-state index contributed by atoms with van der Waals surface area (Å²) in [6.45, 7) is 4.38. The minimum absolute atomic E-state index is 0.146. The molecule has 1 unspecified atom stereocenters. The van der Waals surface area contributed by atoms with Crippen molar-refractivity contribution >= 4 is 5.57 Å². The number of nitrogens with two attached hydrogens (primary N) is 4. The number of hydrogen-bond donors (Lipinski definition) is 4. The van der Waals surface area contributed by atoms with Crippen LogP contribution in [0.4, 0.5) is 0 Å². The molecule has 0 bridgehead atoms. The second-order valence-electron chi connectivity index (χ2n) is 4.85. The largest absolute Gasteiger partial charge is 0.319 e. The highest BCUT2D eigenvalue weighted by atomic mass is 15.0. The molecule has 1 aromatic rings. The molecule has 4 heteroatoms. The molecule has 1 aliphatic carbocycles. The lowest BCUT2D eigenvalue weighted by molar-refractivity contribution is 0.434. The summed E-state index contributed by atoms with van der Waals surface area (Å²) in [5.74, 6) is 0.146. The van der Waals surface area contributed by atoms with Gasteiger partial charge in [-0.1, -0.05) is 48.9 Å². The molecule has 0 spiro atoms. The van der Waals surface area contributed by atoms with Gasteiger partial charge in [0.25, 0.3) is 0 Å². The Bertz CT molecular complexity index is 475. The van der Waals surface area contributed by atoms with Gasteiger partial charge < -0.3 is 22.9 Å². The molecule has 0 heterocycles. The summed E-state index contributed by atoms with van der Waals surface area (Å²) in [7, 11) is 0. The quantitative estimate of drug-likeness (QED) is 0.567. The van der Waals surface area contributed by atoms with Gasteiger partial charge in [-0.3, -0.25) is 0 Å². The molecule has 0 aliphatic heterocycles. The number of benzene rings is 1. The highest BCUT2D eigenvalue weighted by molar-refractivity contribution is 5.76. The molecular weight excluding hydrogens is 236 g/mol. The Kier molecular flexibility index (Phi) is 5.44. The molecule has 1 atom stereocenters. The van der Waals surface area contributed by atoms with Crippen molar-refractivity contribution in [1.29, 1.82) is 0 Å². The predicted molar refractivity (Wildman–Crippen MR) is 81.8 cm³/mol. The fraction of sp³-hybridized carbons (Fsp3) is 0.333. The van der Waals surface area contributed by atoms with Crippen molar-refractivity contribution in [2.45, 2.75) is 19.5 Å². The van der Waals surface area contributed by atoms with Gasteiger partial charge >= 0.3 is 0 Å². The van der Waals surface area contributed by atoms with E-state index in [4.69, 9.17) is 11.5 Å². The Labute approximate surface area is 115 Å². The van der Waals surface area contributed by atoms with Gasteiger partial charge in [0.2, 0.25) is 0 Å². The van der Waals surface area contributed by atoms with Crippen molar-refractivity contribution in [3.05, 3.63) is 53.6 Å². The monoisotopic (exact) mass is 260 g/mol. The van der Waals surface area contributed by atoms with Crippen molar-refractivity contribution in [1.82, 2.24) is 0 Å². The molecule has 0 amide bonds. The van der Waals surface area contributed by atoms with E-state index >= 15 is 0 Å². The summed E-state index contributed by atoms with van der Waals surface area (Å²) in [4.78, 5) is 0. The van der Waals surface area contributed by atoms with Crippen LogP contribution in [0.1, 0.15) is 18.1 Å². The molecular formula is C15H24N4. The van der Waals surface area contributed by atoms with Gasteiger partial charge in [0.15, 0.2) is 0 Å². The van der Waals surface area contributed by atoms with E-state index in [1.807, 2.05) is 19.1 Å². The van der Waals surface area contributed by atoms with Gasteiger partial charge in [0, 0.05) is 12.6 Å². The number of rotatable bonds is 1. The lowest BCUT2D eigenvalue weighted by Crippen LogP contribution is -2.53. The third kappa shape index (κ3) is 4.29. The van der Waals surface area contributed by atoms with Gasteiger partial charge in [-0.05, 0) is 24.1 Å². The highest BCUT2D eigenvalue weighted by Crippen LogP contribution is 2.27. The number of allylic oxidation sites excluding steroid dienone is 2. The first-order valence-corrected chi connectivity index (χ1v) is 6.36. The third-order valence-corrected chi connectivity index (χ3v) is 3.12. The molecule has 8 N–H and O–H groups in total. The van der Waals surface area contributed by atoms with E-state index in [0.29, 0.717) is 0 Å². The van der Waals surface area contributed by atoms with E-state index in [-0.39, 0.29) is 12.6 Å². The zero-order chi connectivity index (χ0) is 14.5. The second-order valence-corrected chi connectivity index (χ2v) is 4.85. The number of hydrogen-bond acceptors (Lipinski definition) is 4. The zero-order valence-corrected chi connectivity index (χ0v) is 11.6. The van der Waals surface area contributed by atoms with Crippen LogP contribution in [-0.4, -0.2) is 12.3 Å². The average molecular weight is 260 g/mol. The first kappa shape index (κ1) is 15.6. The van der Waals surface area contributed by atoms with Gasteiger partial charge in [0.1, 0.15) is 0 Å². The van der Waals surface area contributed by atoms with E-state index in [0.717, 1.165) is 0 Å². The summed E-state index contributed by atoms with van der Waals surface area (Å²) in [5, 5.41) is 0. The lowest BCUT2D eigenvalue weighted by Gasteiger charge is -2.29. The smallest absolute Gasteiger partial charge is 0.0893 e. The summed E-state index contributed by atoms with van der Waals surface area (Å²) >= 11 is 0. The van der Waals surface area contributed by atoms with E-state index in [1.54, 1.807) is 0 Å². The molecule has 1 aromatic carbocycles. The predicted octanol–water partition coefficient (Wildman–Crippen LogP) is 1.06. The highest BCUT2D eigenvalue weighted by Gasteiger charge is 2.25. The maximum Gasteiger partial charge on any atom is 0.0893 e. The molecule has 0 saturated carbocycles.